The number of likely N-dealkylation sites (tertiary alicyclic amines) is 1. The molecule has 4 rings (SSSR count). The first-order chi connectivity index (χ1) is 15.1. The molecule has 0 radical (unpaired) electrons. The third kappa shape index (κ3) is 5.12. The average molecular weight is 418 g/mol. The number of para-hydroxylation sites is 1. The van der Waals surface area contributed by atoms with E-state index in [1.54, 1.807) is 6.92 Å². The van der Waals surface area contributed by atoms with E-state index in [4.69, 9.17) is 15.2 Å². The molecular formula is C24H26N4O3. The minimum Gasteiger partial charge on any atom is -0.477 e. The normalized spacial score (nSPS) is 14.3. The van der Waals surface area contributed by atoms with Crippen LogP contribution in [0.25, 0.3) is 11.1 Å². The van der Waals surface area contributed by atoms with Crippen LogP contribution in [0.4, 0.5) is 5.82 Å². The summed E-state index contributed by atoms with van der Waals surface area (Å²) in [6.45, 7) is 3.68. The molecule has 1 aliphatic heterocycles. The van der Waals surface area contributed by atoms with Gasteiger partial charge in [-0.15, -0.1) is 0 Å². The van der Waals surface area contributed by atoms with Crippen molar-refractivity contribution in [3.63, 3.8) is 0 Å². The summed E-state index contributed by atoms with van der Waals surface area (Å²) in [7, 11) is 0. The summed E-state index contributed by atoms with van der Waals surface area (Å²) in [4.78, 5) is 21.8. The molecule has 0 saturated carbocycles. The number of nitrogens with two attached hydrogens (primary N) is 1. The Bertz CT molecular complexity index is 1020. The van der Waals surface area contributed by atoms with Crippen LogP contribution in [0.1, 0.15) is 19.8 Å². The number of ether oxygens (including phenoxy) is 2. The minimum absolute atomic E-state index is 0.130. The first-order valence-electron chi connectivity index (χ1n) is 10.4. The van der Waals surface area contributed by atoms with E-state index >= 15 is 0 Å². The molecule has 0 bridgehead atoms. The zero-order valence-corrected chi connectivity index (χ0v) is 17.5. The molecule has 2 N–H and O–H groups in total. The molecule has 2 aromatic carbocycles. The lowest BCUT2D eigenvalue weighted by Crippen LogP contribution is -2.38. The summed E-state index contributed by atoms with van der Waals surface area (Å²) in [5.74, 6) is 2.85. The van der Waals surface area contributed by atoms with Gasteiger partial charge >= 0.3 is 0 Å². The average Bonchev–Trinajstić information content (AvgIpc) is 2.79. The molecule has 1 aromatic heterocycles. The SMILES string of the molecule is CC(=O)N1CCC(COc2ncnc(N)c2-c2ccc(Oc3ccccc3)cc2)CC1. The van der Waals surface area contributed by atoms with Crippen LogP contribution in [0.3, 0.4) is 0 Å². The smallest absolute Gasteiger partial charge is 0.226 e. The Hall–Kier alpha value is -3.61. The molecule has 0 unspecified atom stereocenters. The highest BCUT2D eigenvalue weighted by Crippen LogP contribution is 2.34. The lowest BCUT2D eigenvalue weighted by atomic mass is 9.98. The number of nitrogen functional groups attached to an aromatic ring is 1. The Morgan fingerprint density at radius 1 is 1.03 bits per heavy atom. The van der Waals surface area contributed by atoms with Crippen molar-refractivity contribution in [3.8, 4) is 28.5 Å². The lowest BCUT2D eigenvalue weighted by molar-refractivity contribution is -0.130. The van der Waals surface area contributed by atoms with Gasteiger partial charge < -0.3 is 20.1 Å². The first kappa shape index (κ1) is 20.7. The van der Waals surface area contributed by atoms with E-state index < -0.39 is 0 Å². The standard InChI is InChI=1S/C24H26N4O3/c1-17(29)28-13-11-18(12-14-28)15-30-24-22(23(25)26-16-27-24)19-7-9-21(10-8-19)31-20-5-3-2-4-6-20/h2-10,16,18H,11-15H2,1H3,(H2,25,26,27). The van der Waals surface area contributed by atoms with Gasteiger partial charge in [-0.25, -0.2) is 9.97 Å². The zero-order chi connectivity index (χ0) is 21.6. The number of benzene rings is 2. The fourth-order valence-electron chi connectivity index (χ4n) is 3.69. The molecule has 31 heavy (non-hydrogen) atoms. The lowest BCUT2D eigenvalue weighted by Gasteiger charge is -2.31. The second-order valence-electron chi connectivity index (χ2n) is 7.64. The van der Waals surface area contributed by atoms with Gasteiger partial charge in [0.25, 0.3) is 0 Å². The van der Waals surface area contributed by atoms with E-state index in [1.165, 1.54) is 6.33 Å². The van der Waals surface area contributed by atoms with Crippen LogP contribution in [0.15, 0.2) is 60.9 Å². The van der Waals surface area contributed by atoms with Gasteiger partial charge in [-0.3, -0.25) is 4.79 Å². The highest BCUT2D eigenvalue weighted by molar-refractivity contribution is 5.78. The van der Waals surface area contributed by atoms with Crippen molar-refractivity contribution in [1.29, 1.82) is 0 Å². The Kier molecular flexibility index (Phi) is 6.31. The Morgan fingerprint density at radius 2 is 1.71 bits per heavy atom. The van der Waals surface area contributed by atoms with E-state index in [0.717, 1.165) is 43.0 Å². The molecule has 1 saturated heterocycles. The second kappa shape index (κ2) is 9.47. The molecule has 160 valence electrons. The van der Waals surface area contributed by atoms with E-state index in [2.05, 4.69) is 9.97 Å². The first-order valence-corrected chi connectivity index (χ1v) is 10.4. The summed E-state index contributed by atoms with van der Waals surface area (Å²) in [6.07, 6.45) is 3.25. The van der Waals surface area contributed by atoms with E-state index in [-0.39, 0.29) is 5.91 Å². The molecule has 0 aliphatic carbocycles. The number of hydrogen-bond acceptors (Lipinski definition) is 6. The quantitative estimate of drug-likeness (QED) is 0.647. The summed E-state index contributed by atoms with van der Waals surface area (Å²) in [5, 5.41) is 0. The number of nitrogens with zero attached hydrogens (tertiary/aromatic N) is 3. The molecule has 0 atom stereocenters. The summed E-state index contributed by atoms with van der Waals surface area (Å²) in [5.41, 5.74) is 7.71. The maximum Gasteiger partial charge on any atom is 0.226 e. The molecule has 7 heteroatoms. The van der Waals surface area contributed by atoms with Crippen LogP contribution >= 0.6 is 0 Å². The molecule has 3 aromatic rings. The van der Waals surface area contributed by atoms with Crippen molar-refractivity contribution in [2.45, 2.75) is 19.8 Å². The number of anilines is 1. The third-order valence-electron chi connectivity index (χ3n) is 5.48. The van der Waals surface area contributed by atoms with Gasteiger partial charge in [-0.2, -0.15) is 0 Å². The van der Waals surface area contributed by atoms with Crippen LogP contribution in [-0.2, 0) is 4.79 Å². The molecule has 1 fully saturated rings. The van der Waals surface area contributed by atoms with Gasteiger partial charge in [0.1, 0.15) is 23.6 Å². The molecule has 0 spiro atoms. The van der Waals surface area contributed by atoms with Gasteiger partial charge in [-0.05, 0) is 48.6 Å². The van der Waals surface area contributed by atoms with Gasteiger partial charge in [-0.1, -0.05) is 30.3 Å². The topological polar surface area (TPSA) is 90.6 Å². The van der Waals surface area contributed by atoms with E-state index in [9.17, 15) is 4.79 Å². The highest BCUT2D eigenvalue weighted by atomic mass is 16.5. The Labute approximate surface area is 181 Å². The minimum atomic E-state index is 0.130. The number of piperidine rings is 1. The van der Waals surface area contributed by atoms with Crippen molar-refractivity contribution in [2.75, 3.05) is 25.4 Å². The van der Waals surface area contributed by atoms with Crippen LogP contribution in [0.5, 0.6) is 17.4 Å². The van der Waals surface area contributed by atoms with Gasteiger partial charge in [0.2, 0.25) is 11.8 Å². The van der Waals surface area contributed by atoms with E-state index in [1.807, 2.05) is 59.5 Å². The van der Waals surface area contributed by atoms with Gasteiger partial charge in [0.05, 0.1) is 12.2 Å². The summed E-state index contributed by atoms with van der Waals surface area (Å²) >= 11 is 0. The number of carbonyl (C=O) groups excluding carboxylic acids is 1. The molecule has 1 aliphatic rings. The summed E-state index contributed by atoms with van der Waals surface area (Å²) in [6, 6.07) is 17.2. The molecule has 7 nitrogen and oxygen atoms in total. The molecule has 2 heterocycles. The van der Waals surface area contributed by atoms with Gasteiger partial charge in [0.15, 0.2) is 0 Å². The number of hydrogen-bond donors (Lipinski definition) is 1. The number of carbonyl (C=O) groups is 1. The Morgan fingerprint density at radius 3 is 2.39 bits per heavy atom. The summed E-state index contributed by atoms with van der Waals surface area (Å²) < 4.78 is 11.9. The predicted molar refractivity (Wildman–Crippen MR) is 119 cm³/mol. The predicted octanol–water partition coefficient (Wildman–Crippen LogP) is 4.16. The monoisotopic (exact) mass is 418 g/mol. The van der Waals surface area contributed by atoms with Crippen molar-refractivity contribution < 1.29 is 14.3 Å². The van der Waals surface area contributed by atoms with Crippen LogP contribution in [-0.4, -0.2) is 40.5 Å². The van der Waals surface area contributed by atoms with Crippen molar-refractivity contribution in [3.05, 3.63) is 60.9 Å². The second-order valence-corrected chi connectivity index (χ2v) is 7.64. The van der Waals surface area contributed by atoms with Crippen molar-refractivity contribution >= 4 is 11.7 Å². The number of amides is 1. The van der Waals surface area contributed by atoms with Crippen LogP contribution in [0.2, 0.25) is 0 Å². The van der Waals surface area contributed by atoms with Gasteiger partial charge in [0, 0.05) is 20.0 Å². The maximum atomic E-state index is 11.5. The third-order valence-corrected chi connectivity index (χ3v) is 5.48. The fraction of sp³-hybridized carbons (Fsp3) is 0.292. The van der Waals surface area contributed by atoms with Crippen LogP contribution < -0.4 is 15.2 Å². The number of rotatable bonds is 6. The van der Waals surface area contributed by atoms with Crippen LogP contribution in [0, 0.1) is 5.92 Å². The molecule has 1 amide bonds. The molecular weight excluding hydrogens is 392 g/mol. The van der Waals surface area contributed by atoms with Crippen molar-refractivity contribution in [2.24, 2.45) is 5.92 Å². The number of aromatic nitrogens is 2. The zero-order valence-electron chi connectivity index (χ0n) is 17.5. The highest BCUT2D eigenvalue weighted by Gasteiger charge is 2.22. The van der Waals surface area contributed by atoms with Crippen molar-refractivity contribution in [1.82, 2.24) is 14.9 Å². The van der Waals surface area contributed by atoms with E-state index in [0.29, 0.717) is 29.8 Å². The largest absolute Gasteiger partial charge is 0.477 e. The Balaban J connectivity index is 1.45. The fourth-order valence-corrected chi connectivity index (χ4v) is 3.69. The maximum absolute atomic E-state index is 11.5.